The van der Waals surface area contributed by atoms with E-state index >= 15 is 0 Å². The minimum absolute atomic E-state index is 0.528. The average Bonchev–Trinajstić information content (AvgIpc) is 2.57. The van der Waals surface area contributed by atoms with Gasteiger partial charge in [-0.25, -0.2) is 9.59 Å². The molecular weight excluding hydrogens is 322 g/mol. The van der Waals surface area contributed by atoms with Crippen LogP contribution in [-0.4, -0.2) is 22.8 Å². The molecule has 0 bridgehead atoms. The van der Waals surface area contributed by atoms with Gasteiger partial charge in [-0.15, -0.1) is 11.3 Å². The van der Waals surface area contributed by atoms with E-state index in [1.165, 1.54) is 11.3 Å². The molecule has 0 saturated carbocycles. The molecule has 7 heteroatoms. The molecule has 0 aromatic carbocycles. The van der Waals surface area contributed by atoms with Gasteiger partial charge >= 0.3 is 12.1 Å². The molecule has 0 aliphatic heterocycles. The van der Waals surface area contributed by atoms with Crippen LogP contribution in [0.1, 0.15) is 31.7 Å². The molecule has 5 nitrogen and oxygen atoms in total. The third-order valence-electron chi connectivity index (χ3n) is 1.79. The highest BCUT2D eigenvalue weighted by atomic mass is 79.9. The molecule has 0 radical (unpaired) electrons. The molecular formula is C11H14BrNO4S. The number of halogens is 1. The highest BCUT2D eigenvalue weighted by Crippen LogP contribution is 2.27. The van der Waals surface area contributed by atoms with Crippen LogP contribution in [0, 0.1) is 0 Å². The van der Waals surface area contributed by atoms with Crippen molar-refractivity contribution >= 4 is 39.3 Å². The predicted molar refractivity (Wildman–Crippen MR) is 71.8 cm³/mol. The van der Waals surface area contributed by atoms with Gasteiger partial charge in [0.1, 0.15) is 5.60 Å². The molecule has 1 aromatic rings. The number of aliphatic carboxylic acids is 1. The zero-order valence-electron chi connectivity index (χ0n) is 10.2. The number of nitrogens with one attached hydrogen (secondary N) is 1. The van der Waals surface area contributed by atoms with Crippen molar-refractivity contribution in [3.63, 3.8) is 0 Å². The van der Waals surface area contributed by atoms with Crippen LogP contribution < -0.4 is 5.32 Å². The molecule has 1 heterocycles. The summed E-state index contributed by atoms with van der Waals surface area (Å²) >= 11 is 4.50. The second kappa shape index (κ2) is 5.71. The van der Waals surface area contributed by atoms with Crippen molar-refractivity contribution in [1.82, 2.24) is 5.32 Å². The summed E-state index contributed by atoms with van der Waals surface area (Å²) in [4.78, 5) is 23.2. The molecule has 1 aromatic heterocycles. The molecule has 0 saturated heterocycles. The van der Waals surface area contributed by atoms with Crippen LogP contribution in [0.5, 0.6) is 0 Å². The number of thiophene rings is 1. The number of carbonyl (C=O) groups is 2. The summed E-state index contributed by atoms with van der Waals surface area (Å²) in [6, 6.07) is 2.27. The van der Waals surface area contributed by atoms with Crippen molar-refractivity contribution in [1.29, 1.82) is 0 Å². The SMILES string of the molecule is CC(C)(C)OC(=O)NC(C(=O)O)c1ccc(Br)s1. The Hall–Kier alpha value is -1.08. The van der Waals surface area contributed by atoms with Gasteiger partial charge in [-0.05, 0) is 48.8 Å². The lowest BCUT2D eigenvalue weighted by Gasteiger charge is -2.21. The smallest absolute Gasteiger partial charge is 0.408 e. The second-order valence-electron chi connectivity index (χ2n) is 4.56. The number of rotatable bonds is 3. The van der Waals surface area contributed by atoms with Crippen LogP contribution in [0.25, 0.3) is 0 Å². The highest BCUT2D eigenvalue weighted by molar-refractivity contribution is 9.11. The number of carboxylic acid groups (broad SMARTS) is 1. The Kier molecular flexibility index (Phi) is 4.75. The van der Waals surface area contributed by atoms with Gasteiger partial charge in [0, 0.05) is 4.88 Å². The zero-order chi connectivity index (χ0) is 13.9. The molecule has 100 valence electrons. The Bertz CT molecular complexity index is 452. The normalized spacial score (nSPS) is 12.9. The van der Waals surface area contributed by atoms with Crippen molar-refractivity contribution < 1.29 is 19.4 Å². The van der Waals surface area contributed by atoms with E-state index in [1.54, 1.807) is 32.9 Å². The number of alkyl carbamates (subject to hydrolysis) is 1. The Labute approximate surface area is 117 Å². The summed E-state index contributed by atoms with van der Waals surface area (Å²) in [5.74, 6) is -1.13. The first-order chi connectivity index (χ1) is 8.19. The first-order valence-corrected chi connectivity index (χ1v) is 6.77. The molecule has 2 N–H and O–H groups in total. The van der Waals surface area contributed by atoms with Crippen LogP contribution in [-0.2, 0) is 9.53 Å². The topological polar surface area (TPSA) is 75.6 Å². The average molecular weight is 336 g/mol. The molecule has 0 aliphatic rings. The summed E-state index contributed by atoms with van der Waals surface area (Å²) in [6.07, 6.45) is -0.751. The van der Waals surface area contributed by atoms with Crippen LogP contribution in [0.2, 0.25) is 0 Å². The number of amides is 1. The number of carbonyl (C=O) groups excluding carboxylic acids is 1. The van der Waals surface area contributed by atoms with E-state index in [0.717, 1.165) is 3.79 Å². The van der Waals surface area contributed by atoms with Gasteiger partial charge in [-0.3, -0.25) is 0 Å². The van der Waals surface area contributed by atoms with Crippen molar-refractivity contribution in [2.75, 3.05) is 0 Å². The Morgan fingerprint density at radius 3 is 2.44 bits per heavy atom. The van der Waals surface area contributed by atoms with Crippen molar-refractivity contribution in [2.45, 2.75) is 32.4 Å². The Morgan fingerprint density at radius 1 is 1.44 bits per heavy atom. The van der Waals surface area contributed by atoms with E-state index in [9.17, 15) is 9.59 Å². The number of ether oxygens (including phenoxy) is 1. The van der Waals surface area contributed by atoms with Crippen LogP contribution in [0.3, 0.4) is 0 Å². The third-order valence-corrected chi connectivity index (χ3v) is 3.48. The molecule has 0 aliphatic carbocycles. The molecule has 1 rings (SSSR count). The maximum Gasteiger partial charge on any atom is 0.408 e. The fourth-order valence-corrected chi connectivity index (χ4v) is 2.63. The minimum Gasteiger partial charge on any atom is -0.479 e. The lowest BCUT2D eigenvalue weighted by molar-refractivity contribution is -0.139. The van der Waals surface area contributed by atoms with Gasteiger partial charge in [0.15, 0.2) is 6.04 Å². The van der Waals surface area contributed by atoms with E-state index in [4.69, 9.17) is 9.84 Å². The lowest BCUT2D eigenvalue weighted by Crippen LogP contribution is -2.37. The lowest BCUT2D eigenvalue weighted by atomic mass is 10.2. The first-order valence-electron chi connectivity index (χ1n) is 5.16. The maximum absolute atomic E-state index is 11.5. The van der Waals surface area contributed by atoms with Crippen molar-refractivity contribution in [3.05, 3.63) is 20.8 Å². The third kappa shape index (κ3) is 4.66. The van der Waals surface area contributed by atoms with Gasteiger partial charge in [0.2, 0.25) is 0 Å². The summed E-state index contributed by atoms with van der Waals surface area (Å²) in [5.41, 5.74) is -0.664. The molecule has 0 fully saturated rings. The summed E-state index contributed by atoms with van der Waals surface area (Å²) < 4.78 is 5.83. The largest absolute Gasteiger partial charge is 0.479 e. The predicted octanol–water partition coefficient (Wildman–Crippen LogP) is 3.16. The van der Waals surface area contributed by atoms with Crippen molar-refractivity contribution in [3.8, 4) is 0 Å². The standard InChI is InChI=1S/C11H14BrNO4S/c1-11(2,3)17-10(16)13-8(9(14)15)6-4-5-7(12)18-6/h4-5,8H,1-3H3,(H,13,16)(H,14,15). The van der Waals surface area contributed by atoms with Gasteiger partial charge in [-0.2, -0.15) is 0 Å². The molecule has 1 atom stereocenters. The zero-order valence-corrected chi connectivity index (χ0v) is 12.6. The fourth-order valence-electron chi connectivity index (χ4n) is 1.16. The van der Waals surface area contributed by atoms with E-state index in [-0.39, 0.29) is 0 Å². The van der Waals surface area contributed by atoms with E-state index < -0.39 is 23.7 Å². The fraction of sp³-hybridized carbons (Fsp3) is 0.455. The van der Waals surface area contributed by atoms with Gasteiger partial charge < -0.3 is 15.2 Å². The number of hydrogen-bond acceptors (Lipinski definition) is 4. The number of hydrogen-bond donors (Lipinski definition) is 2. The molecule has 18 heavy (non-hydrogen) atoms. The highest BCUT2D eigenvalue weighted by Gasteiger charge is 2.26. The number of carboxylic acids is 1. The first kappa shape index (κ1) is 15.0. The summed E-state index contributed by atoms with van der Waals surface area (Å²) in [5, 5.41) is 11.4. The molecule has 0 spiro atoms. The van der Waals surface area contributed by atoms with Crippen LogP contribution >= 0.6 is 27.3 Å². The Balaban J connectivity index is 2.76. The molecule has 1 unspecified atom stereocenters. The van der Waals surface area contributed by atoms with Crippen LogP contribution in [0.4, 0.5) is 4.79 Å². The van der Waals surface area contributed by atoms with Gasteiger partial charge in [-0.1, -0.05) is 0 Å². The quantitative estimate of drug-likeness (QED) is 0.889. The second-order valence-corrected chi connectivity index (χ2v) is 7.05. The monoisotopic (exact) mass is 335 g/mol. The van der Waals surface area contributed by atoms with Crippen molar-refractivity contribution in [2.24, 2.45) is 0 Å². The van der Waals surface area contributed by atoms with E-state index in [0.29, 0.717) is 4.88 Å². The minimum atomic E-state index is -1.13. The van der Waals surface area contributed by atoms with E-state index in [1.807, 2.05) is 0 Å². The van der Waals surface area contributed by atoms with E-state index in [2.05, 4.69) is 21.2 Å². The van der Waals surface area contributed by atoms with Crippen LogP contribution in [0.15, 0.2) is 15.9 Å². The van der Waals surface area contributed by atoms with Gasteiger partial charge in [0.25, 0.3) is 0 Å². The summed E-state index contributed by atoms with van der Waals surface area (Å²) in [6.45, 7) is 5.14. The maximum atomic E-state index is 11.5. The molecule has 1 amide bonds. The Morgan fingerprint density at radius 2 is 2.06 bits per heavy atom. The summed E-state index contributed by atoms with van der Waals surface area (Å²) in [7, 11) is 0. The van der Waals surface area contributed by atoms with Gasteiger partial charge in [0.05, 0.1) is 3.79 Å².